The van der Waals surface area contributed by atoms with Crippen LogP contribution in [0.4, 0.5) is 5.69 Å². The summed E-state index contributed by atoms with van der Waals surface area (Å²) in [5, 5.41) is 26.1. The first-order chi connectivity index (χ1) is 9.17. The fourth-order valence-electron chi connectivity index (χ4n) is 3.18. The summed E-state index contributed by atoms with van der Waals surface area (Å²) in [7, 11) is 0. The number of aliphatic hydroxyl groups is 1. The van der Waals surface area contributed by atoms with E-state index in [0.717, 1.165) is 12.8 Å². The molecule has 0 spiro atoms. The van der Waals surface area contributed by atoms with Gasteiger partial charge in [-0.3, -0.25) is 4.79 Å². The lowest BCUT2D eigenvalue weighted by Gasteiger charge is -2.34. The van der Waals surface area contributed by atoms with E-state index in [1.807, 2.05) is 6.07 Å². The number of hydrogen-bond acceptors (Lipinski definition) is 4. The molecular weight excluding hydrogens is 244 g/mol. The second-order valence-corrected chi connectivity index (χ2v) is 5.16. The van der Waals surface area contributed by atoms with Gasteiger partial charge in [0, 0.05) is 17.2 Å². The summed E-state index contributed by atoms with van der Waals surface area (Å²) in [6.45, 7) is 0. The molecule has 2 atom stereocenters. The number of amides is 1. The molecule has 2 aliphatic rings. The standard InChI is InChI=1S/C14H16N2O3/c17-13-14(18,9-5-1-3-7-11(9)15-13)10-6-2-4-8-12(10)16-19/h1,3,5,7,10,18-19H,2,4,6,8H2,(H,15,17)/t10-,14-/m0/s1. The van der Waals surface area contributed by atoms with Gasteiger partial charge in [0.2, 0.25) is 0 Å². The molecule has 0 radical (unpaired) electrons. The van der Waals surface area contributed by atoms with Crippen LogP contribution in [-0.2, 0) is 10.4 Å². The molecule has 5 heteroatoms. The predicted octanol–water partition coefficient (Wildman–Crippen LogP) is 1.85. The number of carbonyl (C=O) groups is 1. The molecule has 3 N–H and O–H groups in total. The molecule has 5 nitrogen and oxygen atoms in total. The minimum Gasteiger partial charge on any atom is -0.411 e. The van der Waals surface area contributed by atoms with Crippen molar-refractivity contribution in [1.82, 2.24) is 0 Å². The summed E-state index contributed by atoms with van der Waals surface area (Å²) >= 11 is 0. The number of nitrogens with one attached hydrogen (secondary N) is 1. The van der Waals surface area contributed by atoms with Crippen LogP contribution in [0, 0.1) is 5.92 Å². The second-order valence-electron chi connectivity index (χ2n) is 5.16. The fraction of sp³-hybridized carbons (Fsp3) is 0.429. The van der Waals surface area contributed by atoms with Gasteiger partial charge < -0.3 is 15.6 Å². The Morgan fingerprint density at radius 2 is 2.11 bits per heavy atom. The highest BCUT2D eigenvalue weighted by molar-refractivity contribution is 6.08. The maximum atomic E-state index is 12.2. The molecule has 0 bridgehead atoms. The summed E-state index contributed by atoms with van der Waals surface area (Å²) in [5.74, 6) is -0.878. The normalized spacial score (nSPS) is 32.2. The van der Waals surface area contributed by atoms with E-state index < -0.39 is 17.4 Å². The number of fused-ring (bicyclic) bond motifs is 1. The molecule has 0 aromatic heterocycles. The number of nitrogens with zero attached hydrogens (tertiary/aromatic N) is 1. The van der Waals surface area contributed by atoms with E-state index in [9.17, 15) is 9.90 Å². The number of para-hydroxylation sites is 1. The second kappa shape index (κ2) is 4.35. The Labute approximate surface area is 110 Å². The van der Waals surface area contributed by atoms with Crippen LogP contribution in [0.3, 0.4) is 0 Å². The monoisotopic (exact) mass is 260 g/mol. The van der Waals surface area contributed by atoms with Crippen LogP contribution in [0.15, 0.2) is 29.4 Å². The molecule has 1 saturated carbocycles. The van der Waals surface area contributed by atoms with E-state index in [4.69, 9.17) is 5.21 Å². The van der Waals surface area contributed by atoms with Crippen LogP contribution in [0.25, 0.3) is 0 Å². The Hall–Kier alpha value is -1.88. The van der Waals surface area contributed by atoms with Crippen molar-refractivity contribution < 1.29 is 15.1 Å². The molecule has 1 heterocycles. The van der Waals surface area contributed by atoms with Crippen molar-refractivity contribution in [2.24, 2.45) is 11.1 Å². The quantitative estimate of drug-likeness (QED) is 0.532. The van der Waals surface area contributed by atoms with Crippen LogP contribution in [0.1, 0.15) is 31.2 Å². The van der Waals surface area contributed by atoms with Gasteiger partial charge in [-0.15, -0.1) is 0 Å². The number of carbonyl (C=O) groups excluding carboxylic acids is 1. The van der Waals surface area contributed by atoms with Gasteiger partial charge in [0.15, 0.2) is 5.60 Å². The Morgan fingerprint density at radius 1 is 1.32 bits per heavy atom. The number of rotatable bonds is 1. The molecule has 0 saturated heterocycles. The minimum absolute atomic E-state index is 0.429. The van der Waals surface area contributed by atoms with Crippen LogP contribution >= 0.6 is 0 Å². The van der Waals surface area contributed by atoms with Gasteiger partial charge in [-0.1, -0.05) is 29.8 Å². The van der Waals surface area contributed by atoms with Crippen molar-refractivity contribution >= 4 is 17.3 Å². The summed E-state index contributed by atoms with van der Waals surface area (Å²) in [6.07, 6.45) is 3.12. The first-order valence-electron chi connectivity index (χ1n) is 6.52. The third-order valence-corrected chi connectivity index (χ3v) is 4.14. The SMILES string of the molecule is O=C1Nc2ccccc2[C@]1(O)[C@H]1CCCCC1=NO. The van der Waals surface area contributed by atoms with E-state index >= 15 is 0 Å². The van der Waals surface area contributed by atoms with Gasteiger partial charge in [0.05, 0.1) is 5.71 Å². The molecule has 3 rings (SSSR count). The Balaban J connectivity index is 2.09. The molecular formula is C14H16N2O3. The zero-order valence-corrected chi connectivity index (χ0v) is 10.5. The van der Waals surface area contributed by atoms with Crippen LogP contribution < -0.4 is 5.32 Å². The maximum absolute atomic E-state index is 12.2. The Kier molecular flexibility index (Phi) is 2.78. The van der Waals surface area contributed by atoms with Crippen LogP contribution in [0.5, 0.6) is 0 Å². The molecule has 19 heavy (non-hydrogen) atoms. The van der Waals surface area contributed by atoms with Gasteiger partial charge in [-0.2, -0.15) is 0 Å². The highest BCUT2D eigenvalue weighted by Gasteiger charge is 2.53. The lowest BCUT2D eigenvalue weighted by molar-refractivity contribution is -0.137. The van der Waals surface area contributed by atoms with Crippen molar-refractivity contribution in [3.8, 4) is 0 Å². The highest BCUT2D eigenvalue weighted by atomic mass is 16.4. The largest absolute Gasteiger partial charge is 0.411 e. The Bertz CT molecular complexity index is 555. The van der Waals surface area contributed by atoms with Gasteiger partial charge in [0.1, 0.15) is 0 Å². The van der Waals surface area contributed by atoms with E-state index in [-0.39, 0.29) is 0 Å². The van der Waals surface area contributed by atoms with Crippen molar-refractivity contribution in [3.63, 3.8) is 0 Å². The lowest BCUT2D eigenvalue weighted by atomic mass is 9.73. The topological polar surface area (TPSA) is 81.9 Å². The van der Waals surface area contributed by atoms with Crippen LogP contribution in [-0.4, -0.2) is 21.9 Å². The van der Waals surface area contributed by atoms with Crippen molar-refractivity contribution in [1.29, 1.82) is 0 Å². The molecule has 1 aliphatic heterocycles. The molecule has 100 valence electrons. The van der Waals surface area contributed by atoms with Crippen molar-refractivity contribution in [2.75, 3.05) is 5.32 Å². The van der Waals surface area contributed by atoms with E-state index in [1.54, 1.807) is 18.2 Å². The van der Waals surface area contributed by atoms with E-state index in [2.05, 4.69) is 10.5 Å². The number of anilines is 1. The third-order valence-electron chi connectivity index (χ3n) is 4.14. The number of hydrogen-bond donors (Lipinski definition) is 3. The first kappa shape index (κ1) is 12.2. The molecule has 1 fully saturated rings. The number of benzene rings is 1. The van der Waals surface area contributed by atoms with Crippen molar-refractivity contribution in [3.05, 3.63) is 29.8 Å². The summed E-state index contributed by atoms with van der Waals surface area (Å²) < 4.78 is 0. The Morgan fingerprint density at radius 3 is 2.89 bits per heavy atom. The van der Waals surface area contributed by atoms with Crippen LogP contribution in [0.2, 0.25) is 0 Å². The molecule has 1 amide bonds. The fourth-order valence-corrected chi connectivity index (χ4v) is 3.18. The lowest BCUT2D eigenvalue weighted by Crippen LogP contribution is -2.46. The summed E-state index contributed by atoms with van der Waals surface area (Å²) in [5.41, 5.74) is 0.116. The van der Waals surface area contributed by atoms with Crippen molar-refractivity contribution in [2.45, 2.75) is 31.3 Å². The number of oxime groups is 1. The van der Waals surface area contributed by atoms with Gasteiger partial charge in [-0.05, 0) is 25.3 Å². The summed E-state index contributed by atoms with van der Waals surface area (Å²) in [6, 6.07) is 7.12. The van der Waals surface area contributed by atoms with Gasteiger partial charge in [0.25, 0.3) is 5.91 Å². The molecule has 1 aromatic carbocycles. The molecule has 1 aromatic rings. The minimum atomic E-state index is -1.61. The molecule has 0 unspecified atom stereocenters. The smallest absolute Gasteiger partial charge is 0.261 e. The third kappa shape index (κ3) is 1.65. The maximum Gasteiger partial charge on any atom is 0.261 e. The van der Waals surface area contributed by atoms with Gasteiger partial charge >= 0.3 is 0 Å². The van der Waals surface area contributed by atoms with Gasteiger partial charge in [-0.25, -0.2) is 0 Å². The predicted molar refractivity (Wildman–Crippen MR) is 70.1 cm³/mol. The zero-order chi connectivity index (χ0) is 13.5. The molecule has 1 aliphatic carbocycles. The summed E-state index contributed by atoms with van der Waals surface area (Å²) in [4.78, 5) is 12.2. The average molecular weight is 260 g/mol. The van der Waals surface area contributed by atoms with E-state index in [0.29, 0.717) is 29.8 Å². The average Bonchev–Trinajstić information content (AvgIpc) is 2.72. The first-order valence-corrected chi connectivity index (χ1v) is 6.52. The van der Waals surface area contributed by atoms with E-state index in [1.165, 1.54) is 0 Å². The highest BCUT2D eigenvalue weighted by Crippen LogP contribution is 2.45. The zero-order valence-electron chi connectivity index (χ0n) is 10.5.